The van der Waals surface area contributed by atoms with E-state index in [2.05, 4.69) is 46.2 Å². The Labute approximate surface area is 107 Å². The molecule has 0 radical (unpaired) electrons. The Morgan fingerprint density at radius 3 is 3.00 bits per heavy atom. The second kappa shape index (κ2) is 5.98. The fraction of sp³-hybridized carbons (Fsp3) is 0.462. The van der Waals surface area contributed by atoms with Crippen molar-refractivity contribution in [2.75, 3.05) is 6.54 Å². The Hall–Kier alpha value is -1.13. The van der Waals surface area contributed by atoms with Crippen LogP contribution in [0.15, 0.2) is 29.9 Å². The number of aromatic nitrogens is 2. The van der Waals surface area contributed by atoms with Crippen LogP contribution >= 0.6 is 11.3 Å². The smallest absolute Gasteiger partial charge is 0.110 e. The van der Waals surface area contributed by atoms with Crippen LogP contribution in [0.5, 0.6) is 0 Å². The summed E-state index contributed by atoms with van der Waals surface area (Å²) in [5.74, 6) is 1.16. The van der Waals surface area contributed by atoms with E-state index in [0.717, 1.165) is 25.3 Å². The van der Waals surface area contributed by atoms with Crippen LogP contribution in [0.3, 0.4) is 0 Å². The number of rotatable bonds is 6. The van der Waals surface area contributed by atoms with Crippen molar-refractivity contribution in [3.05, 3.63) is 40.6 Å². The highest BCUT2D eigenvalue weighted by atomic mass is 32.1. The monoisotopic (exact) mass is 249 g/mol. The molecule has 0 aliphatic rings. The SMILES string of the molecule is CCNC(Cc1nccn1CC)c1cccs1. The van der Waals surface area contributed by atoms with Gasteiger partial charge in [0.15, 0.2) is 0 Å². The van der Waals surface area contributed by atoms with Crippen molar-refractivity contribution in [1.82, 2.24) is 14.9 Å². The fourth-order valence-electron chi connectivity index (χ4n) is 2.01. The number of nitrogens with one attached hydrogen (secondary N) is 1. The maximum atomic E-state index is 4.45. The summed E-state index contributed by atoms with van der Waals surface area (Å²) in [5, 5.41) is 5.66. The minimum absolute atomic E-state index is 0.382. The molecule has 1 unspecified atom stereocenters. The zero-order chi connectivity index (χ0) is 12.1. The average Bonchev–Trinajstić information content (AvgIpc) is 2.99. The van der Waals surface area contributed by atoms with Gasteiger partial charge in [-0.25, -0.2) is 4.98 Å². The van der Waals surface area contributed by atoms with Gasteiger partial charge < -0.3 is 9.88 Å². The quantitative estimate of drug-likeness (QED) is 0.853. The fourth-order valence-corrected chi connectivity index (χ4v) is 2.81. The molecule has 0 spiro atoms. The summed E-state index contributed by atoms with van der Waals surface area (Å²) in [5.41, 5.74) is 0. The lowest BCUT2D eigenvalue weighted by Gasteiger charge is -2.16. The molecule has 0 aliphatic carbocycles. The van der Waals surface area contributed by atoms with E-state index in [4.69, 9.17) is 0 Å². The third-order valence-corrected chi connectivity index (χ3v) is 3.85. The molecular weight excluding hydrogens is 230 g/mol. The minimum atomic E-state index is 0.382. The lowest BCUT2D eigenvalue weighted by Crippen LogP contribution is -2.23. The standard InChI is InChI=1S/C13H19N3S/c1-3-14-11(12-6-5-9-17-12)10-13-15-7-8-16(13)4-2/h5-9,11,14H,3-4,10H2,1-2H3. The first kappa shape index (κ1) is 12.3. The van der Waals surface area contributed by atoms with Gasteiger partial charge in [0.1, 0.15) is 5.82 Å². The van der Waals surface area contributed by atoms with Crippen LogP contribution < -0.4 is 5.32 Å². The largest absolute Gasteiger partial charge is 0.335 e. The summed E-state index contributed by atoms with van der Waals surface area (Å²) in [6.07, 6.45) is 4.89. The van der Waals surface area contributed by atoms with E-state index in [-0.39, 0.29) is 0 Å². The van der Waals surface area contributed by atoms with Gasteiger partial charge in [0, 0.05) is 36.3 Å². The topological polar surface area (TPSA) is 29.9 Å². The molecule has 3 nitrogen and oxygen atoms in total. The molecule has 1 N–H and O–H groups in total. The predicted octanol–water partition coefficient (Wildman–Crippen LogP) is 2.86. The van der Waals surface area contributed by atoms with E-state index in [9.17, 15) is 0 Å². The Kier molecular flexibility index (Phi) is 4.34. The zero-order valence-corrected chi connectivity index (χ0v) is 11.2. The number of thiophene rings is 1. The molecule has 0 aliphatic heterocycles. The molecule has 2 aromatic heterocycles. The van der Waals surface area contributed by atoms with Gasteiger partial charge in [0.05, 0.1) is 0 Å². The predicted molar refractivity (Wildman–Crippen MR) is 72.3 cm³/mol. The van der Waals surface area contributed by atoms with E-state index in [1.165, 1.54) is 4.88 Å². The lowest BCUT2D eigenvalue weighted by molar-refractivity contribution is 0.529. The molecule has 2 heterocycles. The molecule has 1 atom stereocenters. The lowest BCUT2D eigenvalue weighted by atomic mass is 10.1. The first-order valence-electron chi connectivity index (χ1n) is 6.12. The Morgan fingerprint density at radius 1 is 1.47 bits per heavy atom. The van der Waals surface area contributed by atoms with Gasteiger partial charge in [0.25, 0.3) is 0 Å². The molecule has 0 bridgehead atoms. The Balaban J connectivity index is 2.13. The molecule has 0 saturated heterocycles. The zero-order valence-electron chi connectivity index (χ0n) is 10.4. The average molecular weight is 249 g/mol. The van der Waals surface area contributed by atoms with Gasteiger partial charge in [-0.05, 0) is 24.9 Å². The molecule has 0 saturated carbocycles. The third-order valence-electron chi connectivity index (χ3n) is 2.87. The summed E-state index contributed by atoms with van der Waals surface area (Å²) in [7, 11) is 0. The van der Waals surface area contributed by atoms with E-state index in [1.807, 2.05) is 12.4 Å². The summed E-state index contributed by atoms with van der Waals surface area (Å²) in [6.45, 7) is 6.26. The van der Waals surface area contributed by atoms with Crippen molar-refractivity contribution in [3.8, 4) is 0 Å². The molecule has 2 rings (SSSR count). The van der Waals surface area contributed by atoms with Gasteiger partial charge in [-0.2, -0.15) is 0 Å². The van der Waals surface area contributed by atoms with Gasteiger partial charge in [-0.3, -0.25) is 0 Å². The molecular formula is C13H19N3S. The van der Waals surface area contributed by atoms with Crippen LogP contribution in [-0.2, 0) is 13.0 Å². The highest BCUT2D eigenvalue weighted by molar-refractivity contribution is 7.10. The van der Waals surface area contributed by atoms with Crippen molar-refractivity contribution < 1.29 is 0 Å². The van der Waals surface area contributed by atoms with E-state index >= 15 is 0 Å². The number of aryl methyl sites for hydroxylation is 1. The first-order valence-corrected chi connectivity index (χ1v) is 6.99. The van der Waals surface area contributed by atoms with Gasteiger partial charge in [0.2, 0.25) is 0 Å². The number of nitrogens with zero attached hydrogens (tertiary/aromatic N) is 2. The molecule has 0 amide bonds. The molecule has 17 heavy (non-hydrogen) atoms. The van der Waals surface area contributed by atoms with Crippen LogP contribution in [0.2, 0.25) is 0 Å². The number of hydrogen-bond donors (Lipinski definition) is 1. The van der Waals surface area contributed by atoms with Crippen molar-refractivity contribution in [2.45, 2.75) is 32.9 Å². The second-order valence-electron chi connectivity index (χ2n) is 3.96. The second-order valence-corrected chi connectivity index (χ2v) is 4.94. The number of likely N-dealkylation sites (N-methyl/N-ethyl adjacent to an activating group) is 1. The minimum Gasteiger partial charge on any atom is -0.335 e. The first-order chi connectivity index (χ1) is 8.35. The summed E-state index contributed by atoms with van der Waals surface area (Å²) >= 11 is 1.81. The van der Waals surface area contributed by atoms with Gasteiger partial charge in [-0.15, -0.1) is 11.3 Å². The maximum Gasteiger partial charge on any atom is 0.110 e. The molecule has 2 aromatic rings. The molecule has 0 aromatic carbocycles. The van der Waals surface area contributed by atoms with Crippen molar-refractivity contribution in [1.29, 1.82) is 0 Å². The summed E-state index contributed by atoms with van der Waals surface area (Å²) < 4.78 is 2.21. The summed E-state index contributed by atoms with van der Waals surface area (Å²) in [4.78, 5) is 5.83. The van der Waals surface area contributed by atoms with Crippen LogP contribution in [0.1, 0.15) is 30.6 Å². The molecule has 92 valence electrons. The van der Waals surface area contributed by atoms with Crippen molar-refractivity contribution >= 4 is 11.3 Å². The van der Waals surface area contributed by atoms with Crippen molar-refractivity contribution in [3.63, 3.8) is 0 Å². The highest BCUT2D eigenvalue weighted by Crippen LogP contribution is 2.22. The maximum absolute atomic E-state index is 4.45. The Bertz CT molecular complexity index is 433. The van der Waals surface area contributed by atoms with Gasteiger partial charge >= 0.3 is 0 Å². The Morgan fingerprint density at radius 2 is 2.35 bits per heavy atom. The van der Waals surface area contributed by atoms with Crippen molar-refractivity contribution in [2.24, 2.45) is 0 Å². The van der Waals surface area contributed by atoms with Crippen LogP contribution in [0.4, 0.5) is 0 Å². The van der Waals surface area contributed by atoms with Gasteiger partial charge in [-0.1, -0.05) is 13.0 Å². The number of hydrogen-bond acceptors (Lipinski definition) is 3. The summed E-state index contributed by atoms with van der Waals surface area (Å²) in [6, 6.07) is 4.68. The van der Waals surface area contributed by atoms with Crippen LogP contribution in [0, 0.1) is 0 Å². The molecule has 4 heteroatoms. The van der Waals surface area contributed by atoms with E-state index in [1.54, 1.807) is 11.3 Å². The number of imidazole rings is 1. The third kappa shape index (κ3) is 2.96. The van der Waals surface area contributed by atoms with E-state index in [0.29, 0.717) is 6.04 Å². The van der Waals surface area contributed by atoms with E-state index < -0.39 is 0 Å². The van der Waals surface area contributed by atoms with Crippen LogP contribution in [-0.4, -0.2) is 16.1 Å². The highest BCUT2D eigenvalue weighted by Gasteiger charge is 2.14. The van der Waals surface area contributed by atoms with Crippen LogP contribution in [0.25, 0.3) is 0 Å². The normalized spacial score (nSPS) is 12.8. The molecule has 0 fully saturated rings.